The molecule has 0 N–H and O–H groups in total. The Hall–Kier alpha value is -2.90. The topological polar surface area (TPSA) is 0 Å². The minimum atomic E-state index is -4.33. The zero-order chi connectivity index (χ0) is 21.3. The summed E-state index contributed by atoms with van der Waals surface area (Å²) in [5.41, 5.74) is 5.72. The van der Waals surface area contributed by atoms with Gasteiger partial charge in [0.15, 0.2) is 0 Å². The van der Waals surface area contributed by atoms with Gasteiger partial charge in [0.25, 0.3) is 0 Å². The van der Waals surface area contributed by atoms with E-state index < -0.39 is 11.7 Å². The predicted octanol–water partition coefficient (Wildman–Crippen LogP) is 8.90. The average molecular weight is 420 g/mol. The maximum atomic E-state index is 13.0. The molecule has 4 heteroatoms. The summed E-state index contributed by atoms with van der Waals surface area (Å²) in [6.45, 7) is 4.16. The lowest BCUT2D eigenvalue weighted by Gasteiger charge is -2.13. The molecule has 1 heterocycles. The number of alkyl halides is 3. The largest absolute Gasteiger partial charge is 0.416 e. The highest BCUT2D eigenvalue weighted by Crippen LogP contribution is 2.42. The van der Waals surface area contributed by atoms with Crippen molar-refractivity contribution in [3.63, 3.8) is 0 Å². The fraction of sp³-hybridized carbons (Fsp3) is 0.115. The molecule has 4 aromatic rings. The van der Waals surface area contributed by atoms with Crippen molar-refractivity contribution in [1.29, 1.82) is 0 Å². The number of rotatable bonds is 3. The molecule has 3 aromatic carbocycles. The fourth-order valence-corrected chi connectivity index (χ4v) is 4.86. The molecule has 0 atom stereocenters. The number of aryl methyl sites for hydroxylation is 2. The van der Waals surface area contributed by atoms with Crippen LogP contribution in [0, 0.1) is 13.8 Å². The highest BCUT2D eigenvalue weighted by Gasteiger charge is 2.30. The fourth-order valence-electron chi connectivity index (χ4n) is 3.54. The molecule has 0 fully saturated rings. The second kappa shape index (κ2) is 8.08. The van der Waals surface area contributed by atoms with Gasteiger partial charge in [-0.25, -0.2) is 0 Å². The van der Waals surface area contributed by atoms with Crippen LogP contribution in [0.25, 0.3) is 32.8 Å². The lowest BCUT2D eigenvalue weighted by Crippen LogP contribution is -2.03. The zero-order valence-electron chi connectivity index (χ0n) is 16.7. The average Bonchev–Trinajstić information content (AvgIpc) is 2.73. The van der Waals surface area contributed by atoms with Gasteiger partial charge >= 0.3 is 6.18 Å². The molecule has 0 aliphatic heterocycles. The molecular formula is C26H20F3P. The van der Waals surface area contributed by atoms with E-state index in [0.717, 1.165) is 53.2 Å². The number of halogens is 3. The van der Waals surface area contributed by atoms with E-state index in [2.05, 4.69) is 56.3 Å². The third kappa shape index (κ3) is 4.32. The van der Waals surface area contributed by atoms with E-state index in [1.807, 2.05) is 18.2 Å². The standard InChI is InChI=1S/C26H20F3P/c1-17-8-13-23(18(2)14-17)25-16-21(15-24(30-25)20-6-4-3-5-7-20)19-9-11-22(12-10-19)26(27,28)29/h3-16H,1-2H3. The molecule has 0 saturated heterocycles. The third-order valence-corrected chi connectivity index (χ3v) is 6.34. The Kier molecular flexibility index (Phi) is 5.49. The van der Waals surface area contributed by atoms with Crippen LogP contribution in [0.1, 0.15) is 16.7 Å². The lowest BCUT2D eigenvalue weighted by atomic mass is 10.00. The molecule has 0 radical (unpaired) electrons. The Bertz CT molecular complexity index is 1180. The van der Waals surface area contributed by atoms with E-state index in [9.17, 15) is 13.2 Å². The van der Waals surface area contributed by atoms with Crippen LogP contribution >= 0.6 is 8.19 Å². The molecule has 0 aliphatic rings. The summed E-state index contributed by atoms with van der Waals surface area (Å²) in [5, 5.41) is 2.27. The molecule has 4 rings (SSSR count). The van der Waals surface area contributed by atoms with E-state index in [0.29, 0.717) is 0 Å². The van der Waals surface area contributed by atoms with Gasteiger partial charge in [-0.3, -0.25) is 0 Å². The van der Waals surface area contributed by atoms with Crippen LogP contribution in [0.2, 0.25) is 0 Å². The summed E-state index contributed by atoms with van der Waals surface area (Å²) in [7, 11) is 1.08. The zero-order valence-corrected chi connectivity index (χ0v) is 17.6. The maximum absolute atomic E-state index is 13.0. The van der Waals surface area contributed by atoms with Gasteiger partial charge in [-0.05, 0) is 65.9 Å². The Morgan fingerprint density at radius 1 is 0.633 bits per heavy atom. The summed E-state index contributed by atoms with van der Waals surface area (Å²) in [6.07, 6.45) is -4.33. The molecule has 0 saturated carbocycles. The van der Waals surface area contributed by atoms with Gasteiger partial charge < -0.3 is 0 Å². The minimum Gasteiger partial charge on any atom is -0.166 e. The molecule has 0 aliphatic carbocycles. The van der Waals surface area contributed by atoms with Crippen molar-refractivity contribution in [2.24, 2.45) is 0 Å². The molecule has 0 nitrogen and oxygen atoms in total. The van der Waals surface area contributed by atoms with Crippen molar-refractivity contribution in [1.82, 2.24) is 0 Å². The van der Waals surface area contributed by atoms with Crippen LogP contribution in [0.4, 0.5) is 13.2 Å². The molecule has 0 unspecified atom stereocenters. The van der Waals surface area contributed by atoms with Crippen molar-refractivity contribution in [3.8, 4) is 32.8 Å². The molecule has 0 bridgehead atoms. The van der Waals surface area contributed by atoms with Gasteiger partial charge in [-0.1, -0.05) is 74.4 Å². The SMILES string of the molecule is Cc1ccc(-c2cc(-c3ccc(C(F)(F)F)cc3)cc(-c3ccccc3)p2)c(C)c1. The smallest absolute Gasteiger partial charge is 0.166 e. The van der Waals surface area contributed by atoms with Crippen LogP contribution in [-0.2, 0) is 6.18 Å². The third-order valence-electron chi connectivity index (χ3n) is 5.10. The second-order valence-corrected chi connectivity index (χ2v) is 8.57. The summed E-state index contributed by atoms with van der Waals surface area (Å²) >= 11 is 0. The predicted molar refractivity (Wildman–Crippen MR) is 120 cm³/mol. The molecule has 1 aromatic heterocycles. The van der Waals surface area contributed by atoms with Crippen molar-refractivity contribution in [2.45, 2.75) is 20.0 Å². The summed E-state index contributed by atoms with van der Waals surface area (Å²) < 4.78 is 38.9. The van der Waals surface area contributed by atoms with Crippen LogP contribution < -0.4 is 0 Å². The first-order valence-corrected chi connectivity index (χ1v) is 10.5. The number of hydrogen-bond acceptors (Lipinski definition) is 0. The minimum absolute atomic E-state index is 0.633. The summed E-state index contributed by atoms with van der Waals surface area (Å²) in [5.74, 6) is 0. The molecule has 150 valence electrons. The molecular weight excluding hydrogens is 400 g/mol. The van der Waals surface area contributed by atoms with Crippen LogP contribution in [0.5, 0.6) is 0 Å². The Morgan fingerprint density at radius 2 is 1.30 bits per heavy atom. The van der Waals surface area contributed by atoms with Gasteiger partial charge in [-0.2, -0.15) is 13.2 Å². The summed E-state index contributed by atoms with van der Waals surface area (Å²) in [6, 6.07) is 26.0. The lowest BCUT2D eigenvalue weighted by molar-refractivity contribution is -0.137. The highest BCUT2D eigenvalue weighted by atomic mass is 31.0. The van der Waals surface area contributed by atoms with Gasteiger partial charge in [0.2, 0.25) is 0 Å². The molecule has 30 heavy (non-hydrogen) atoms. The van der Waals surface area contributed by atoms with Crippen molar-refractivity contribution in [2.75, 3.05) is 0 Å². The quantitative estimate of drug-likeness (QED) is 0.310. The van der Waals surface area contributed by atoms with Gasteiger partial charge in [0.05, 0.1) is 5.56 Å². The van der Waals surface area contributed by atoms with E-state index >= 15 is 0 Å². The van der Waals surface area contributed by atoms with Gasteiger partial charge in [-0.15, -0.1) is 0 Å². The first-order chi connectivity index (χ1) is 14.3. The second-order valence-electron chi connectivity index (χ2n) is 7.39. The monoisotopic (exact) mass is 420 g/mol. The van der Waals surface area contributed by atoms with Crippen LogP contribution in [-0.4, -0.2) is 0 Å². The van der Waals surface area contributed by atoms with Gasteiger partial charge in [0.1, 0.15) is 0 Å². The number of benzene rings is 3. The van der Waals surface area contributed by atoms with Crippen LogP contribution in [0.3, 0.4) is 0 Å². The summed E-state index contributed by atoms with van der Waals surface area (Å²) in [4.78, 5) is 0. The van der Waals surface area contributed by atoms with Crippen molar-refractivity contribution >= 4 is 8.19 Å². The Labute approximate surface area is 176 Å². The Balaban J connectivity index is 1.88. The molecule has 0 amide bonds. The number of hydrogen-bond donors (Lipinski definition) is 0. The van der Waals surface area contributed by atoms with Crippen LogP contribution in [0.15, 0.2) is 84.9 Å². The van der Waals surface area contributed by atoms with E-state index in [4.69, 9.17) is 0 Å². The van der Waals surface area contributed by atoms with E-state index in [1.165, 1.54) is 11.1 Å². The first kappa shape index (κ1) is 20.4. The van der Waals surface area contributed by atoms with Crippen molar-refractivity contribution < 1.29 is 13.2 Å². The van der Waals surface area contributed by atoms with E-state index in [1.54, 1.807) is 12.1 Å². The first-order valence-electron chi connectivity index (χ1n) is 9.64. The Morgan fingerprint density at radius 3 is 1.93 bits per heavy atom. The highest BCUT2D eigenvalue weighted by molar-refractivity contribution is 7.37. The maximum Gasteiger partial charge on any atom is 0.416 e. The van der Waals surface area contributed by atoms with E-state index in [-0.39, 0.29) is 0 Å². The van der Waals surface area contributed by atoms with Crippen molar-refractivity contribution in [3.05, 3.63) is 102 Å². The molecule has 0 spiro atoms. The normalized spacial score (nSPS) is 11.8. The van der Waals surface area contributed by atoms with Gasteiger partial charge in [0, 0.05) is 10.6 Å².